The van der Waals surface area contributed by atoms with Crippen molar-refractivity contribution in [2.75, 3.05) is 13.7 Å². The summed E-state index contributed by atoms with van der Waals surface area (Å²) in [5.41, 5.74) is 2.06. The Morgan fingerprint density at radius 3 is 2.50 bits per heavy atom. The second-order valence-corrected chi connectivity index (χ2v) is 6.74. The van der Waals surface area contributed by atoms with Crippen molar-refractivity contribution >= 4 is 35.6 Å². The fourth-order valence-electron chi connectivity index (χ4n) is 2.47. The zero-order valence-electron chi connectivity index (χ0n) is 15.2. The van der Waals surface area contributed by atoms with Gasteiger partial charge < -0.3 is 14.8 Å². The van der Waals surface area contributed by atoms with E-state index in [2.05, 4.69) is 12.2 Å². The first-order chi connectivity index (χ1) is 12.1. The molecule has 2 aromatic carbocycles. The normalized spacial score (nSPS) is 10.3. The molecule has 0 heterocycles. The minimum absolute atomic E-state index is 0. The van der Waals surface area contributed by atoms with E-state index in [1.54, 1.807) is 19.2 Å². The highest BCUT2D eigenvalue weighted by Crippen LogP contribution is 2.30. The van der Waals surface area contributed by atoms with Crippen molar-refractivity contribution in [2.45, 2.75) is 39.3 Å². The molecule has 2 rings (SSSR count). The number of ether oxygens (including phenoxy) is 2. The Balaban J connectivity index is 0.00000338. The van der Waals surface area contributed by atoms with Crippen LogP contribution in [0, 0.1) is 0 Å². The van der Waals surface area contributed by atoms with E-state index in [0.29, 0.717) is 22.4 Å². The monoisotopic (exact) mass is 417 g/mol. The summed E-state index contributed by atoms with van der Waals surface area (Å²) in [7, 11) is 1.65. The molecule has 2 aromatic rings. The maximum absolute atomic E-state index is 6.18. The van der Waals surface area contributed by atoms with E-state index in [0.717, 1.165) is 24.4 Å². The summed E-state index contributed by atoms with van der Waals surface area (Å²) in [5.74, 6) is 1.42. The maximum Gasteiger partial charge on any atom is 0.161 e. The SMILES string of the molecule is CCCCCNCc1ccc(OCc2ccc(Cl)cc2Cl)c(OC)c1.Cl. The van der Waals surface area contributed by atoms with Crippen LogP contribution in [-0.4, -0.2) is 13.7 Å². The lowest BCUT2D eigenvalue weighted by Gasteiger charge is -2.13. The van der Waals surface area contributed by atoms with Crippen LogP contribution in [0.15, 0.2) is 36.4 Å². The smallest absolute Gasteiger partial charge is 0.161 e. The van der Waals surface area contributed by atoms with Crippen molar-refractivity contribution in [3.05, 3.63) is 57.6 Å². The van der Waals surface area contributed by atoms with Crippen molar-refractivity contribution in [3.8, 4) is 11.5 Å². The van der Waals surface area contributed by atoms with Crippen molar-refractivity contribution in [2.24, 2.45) is 0 Å². The quantitative estimate of drug-likeness (QED) is 0.460. The van der Waals surface area contributed by atoms with Gasteiger partial charge >= 0.3 is 0 Å². The Hall–Kier alpha value is -1.13. The van der Waals surface area contributed by atoms with Crippen LogP contribution >= 0.6 is 35.6 Å². The summed E-state index contributed by atoms with van der Waals surface area (Å²) in [6.07, 6.45) is 3.70. The van der Waals surface area contributed by atoms with Crippen LogP contribution in [0.2, 0.25) is 10.0 Å². The molecule has 0 aliphatic rings. The third-order valence-corrected chi connectivity index (χ3v) is 4.50. The van der Waals surface area contributed by atoms with Crippen molar-refractivity contribution in [1.29, 1.82) is 0 Å². The van der Waals surface area contributed by atoms with Gasteiger partial charge in [-0.2, -0.15) is 0 Å². The lowest BCUT2D eigenvalue weighted by atomic mass is 10.2. The maximum atomic E-state index is 6.18. The number of rotatable bonds is 10. The topological polar surface area (TPSA) is 30.5 Å². The fourth-order valence-corrected chi connectivity index (χ4v) is 2.93. The number of nitrogens with one attached hydrogen (secondary N) is 1. The molecule has 3 nitrogen and oxygen atoms in total. The van der Waals surface area contributed by atoms with Crippen LogP contribution in [-0.2, 0) is 13.2 Å². The lowest BCUT2D eigenvalue weighted by Crippen LogP contribution is -2.14. The predicted octanol–water partition coefficient (Wildman–Crippen LogP) is 6.28. The van der Waals surface area contributed by atoms with Crippen molar-refractivity contribution in [3.63, 3.8) is 0 Å². The standard InChI is InChI=1S/C20H25Cl2NO2.ClH/c1-3-4-5-10-23-13-15-6-9-19(20(11-15)24-2)25-14-16-7-8-17(21)12-18(16)22;/h6-9,11-12,23H,3-5,10,13-14H2,1-2H3;1H. The molecule has 0 spiro atoms. The van der Waals surface area contributed by atoms with Gasteiger partial charge in [0.15, 0.2) is 11.5 Å². The van der Waals surface area contributed by atoms with E-state index in [1.165, 1.54) is 24.8 Å². The summed E-state index contributed by atoms with van der Waals surface area (Å²) < 4.78 is 11.3. The number of hydrogen-bond acceptors (Lipinski definition) is 3. The number of benzene rings is 2. The van der Waals surface area contributed by atoms with Gasteiger partial charge in [0.2, 0.25) is 0 Å². The molecule has 26 heavy (non-hydrogen) atoms. The van der Waals surface area contributed by atoms with Crippen LogP contribution in [0.4, 0.5) is 0 Å². The van der Waals surface area contributed by atoms with Gasteiger partial charge in [0.05, 0.1) is 7.11 Å². The molecule has 0 radical (unpaired) electrons. The Kier molecular flexibility index (Phi) is 10.8. The second-order valence-electron chi connectivity index (χ2n) is 5.89. The highest BCUT2D eigenvalue weighted by atomic mass is 35.5. The first-order valence-electron chi connectivity index (χ1n) is 8.58. The summed E-state index contributed by atoms with van der Waals surface area (Å²) in [6, 6.07) is 11.4. The highest BCUT2D eigenvalue weighted by molar-refractivity contribution is 6.35. The Morgan fingerprint density at radius 1 is 1.00 bits per heavy atom. The molecule has 0 unspecified atom stereocenters. The molecule has 0 amide bonds. The third kappa shape index (κ3) is 7.24. The van der Waals surface area contributed by atoms with E-state index in [9.17, 15) is 0 Å². The minimum atomic E-state index is 0. The molecule has 0 aliphatic carbocycles. The van der Waals surface area contributed by atoms with Gasteiger partial charge in [-0.1, -0.05) is 55.1 Å². The number of unbranched alkanes of at least 4 members (excludes halogenated alkanes) is 2. The zero-order chi connectivity index (χ0) is 18.1. The van der Waals surface area contributed by atoms with Gasteiger partial charge in [-0.05, 0) is 42.8 Å². The summed E-state index contributed by atoms with van der Waals surface area (Å²) in [6.45, 7) is 4.43. The molecule has 0 saturated carbocycles. The molecule has 0 fully saturated rings. The molecular weight excluding hydrogens is 393 g/mol. The van der Waals surface area contributed by atoms with E-state index in [-0.39, 0.29) is 12.4 Å². The molecule has 0 aromatic heterocycles. The number of halogens is 3. The van der Waals surface area contributed by atoms with E-state index in [1.807, 2.05) is 24.3 Å². The van der Waals surface area contributed by atoms with Crippen LogP contribution in [0.1, 0.15) is 37.3 Å². The molecule has 0 bridgehead atoms. The van der Waals surface area contributed by atoms with Gasteiger partial charge in [0, 0.05) is 22.2 Å². The van der Waals surface area contributed by atoms with Gasteiger partial charge in [-0.25, -0.2) is 0 Å². The Morgan fingerprint density at radius 2 is 1.81 bits per heavy atom. The average molecular weight is 419 g/mol. The van der Waals surface area contributed by atoms with Crippen LogP contribution in [0.25, 0.3) is 0 Å². The zero-order valence-corrected chi connectivity index (χ0v) is 17.5. The Labute approximate surface area is 172 Å². The molecule has 1 N–H and O–H groups in total. The lowest BCUT2D eigenvalue weighted by molar-refractivity contribution is 0.284. The van der Waals surface area contributed by atoms with Gasteiger partial charge in [0.25, 0.3) is 0 Å². The third-order valence-electron chi connectivity index (χ3n) is 3.91. The van der Waals surface area contributed by atoms with Crippen LogP contribution in [0.5, 0.6) is 11.5 Å². The molecule has 0 atom stereocenters. The minimum Gasteiger partial charge on any atom is -0.493 e. The fraction of sp³-hybridized carbons (Fsp3) is 0.400. The number of methoxy groups -OCH3 is 1. The van der Waals surface area contributed by atoms with Gasteiger partial charge in [0.1, 0.15) is 6.61 Å². The molecule has 144 valence electrons. The molecular formula is C20H26Cl3NO2. The number of hydrogen-bond donors (Lipinski definition) is 1. The summed E-state index contributed by atoms with van der Waals surface area (Å²) in [4.78, 5) is 0. The van der Waals surface area contributed by atoms with Gasteiger partial charge in [-0.15, -0.1) is 12.4 Å². The average Bonchev–Trinajstić information content (AvgIpc) is 2.61. The highest BCUT2D eigenvalue weighted by Gasteiger charge is 2.08. The first kappa shape index (κ1) is 22.9. The summed E-state index contributed by atoms with van der Waals surface area (Å²) >= 11 is 12.1. The molecule has 0 aliphatic heterocycles. The van der Waals surface area contributed by atoms with E-state index < -0.39 is 0 Å². The van der Waals surface area contributed by atoms with Crippen molar-refractivity contribution in [1.82, 2.24) is 5.32 Å². The van der Waals surface area contributed by atoms with Crippen LogP contribution < -0.4 is 14.8 Å². The second kappa shape index (κ2) is 12.3. The predicted molar refractivity (Wildman–Crippen MR) is 112 cm³/mol. The van der Waals surface area contributed by atoms with Crippen molar-refractivity contribution < 1.29 is 9.47 Å². The van der Waals surface area contributed by atoms with Gasteiger partial charge in [-0.3, -0.25) is 0 Å². The van der Waals surface area contributed by atoms with E-state index >= 15 is 0 Å². The molecule has 0 saturated heterocycles. The largest absolute Gasteiger partial charge is 0.493 e. The van der Waals surface area contributed by atoms with Crippen LogP contribution in [0.3, 0.4) is 0 Å². The first-order valence-corrected chi connectivity index (χ1v) is 9.34. The molecule has 6 heteroatoms. The summed E-state index contributed by atoms with van der Waals surface area (Å²) in [5, 5.41) is 4.66. The van der Waals surface area contributed by atoms with E-state index in [4.69, 9.17) is 32.7 Å². The Bertz CT molecular complexity index is 680.